The molecule has 1 fully saturated rings. The summed E-state index contributed by atoms with van der Waals surface area (Å²) in [4.78, 5) is 4.87. The van der Waals surface area contributed by atoms with E-state index in [2.05, 4.69) is 50.4 Å². The summed E-state index contributed by atoms with van der Waals surface area (Å²) in [5, 5.41) is 13.4. The molecule has 1 aliphatic heterocycles. The Balaban J connectivity index is 1.44. The van der Waals surface area contributed by atoms with Crippen molar-refractivity contribution >= 4 is 17.3 Å². The molecule has 0 aliphatic carbocycles. The molecule has 1 unspecified atom stereocenters. The third-order valence-corrected chi connectivity index (χ3v) is 5.90. The maximum Gasteiger partial charge on any atom is 0.168 e. The second-order valence-corrected chi connectivity index (χ2v) is 7.91. The van der Waals surface area contributed by atoms with Crippen molar-refractivity contribution in [2.75, 3.05) is 38.2 Å². The van der Waals surface area contributed by atoms with Crippen LogP contribution in [0.1, 0.15) is 30.8 Å². The van der Waals surface area contributed by atoms with Crippen LogP contribution in [0.3, 0.4) is 0 Å². The number of benzene rings is 2. The fourth-order valence-electron chi connectivity index (χ4n) is 4.04. The number of tetrazole rings is 1. The first kappa shape index (κ1) is 20.6. The SMILES string of the molecule is CCC(c1nnnn1Cc1ccc(OC)cc1)N1CCN(c2cccc(Cl)c2)CC1. The summed E-state index contributed by atoms with van der Waals surface area (Å²) in [6.07, 6.45) is 0.958. The molecule has 0 spiro atoms. The molecular formula is C22H27ClN6O. The van der Waals surface area contributed by atoms with Crippen LogP contribution in [0.5, 0.6) is 5.75 Å². The topological polar surface area (TPSA) is 59.3 Å². The van der Waals surface area contributed by atoms with Gasteiger partial charge in [-0.2, -0.15) is 0 Å². The van der Waals surface area contributed by atoms with Gasteiger partial charge in [0, 0.05) is 36.9 Å². The predicted octanol–water partition coefficient (Wildman–Crippen LogP) is 3.66. The fraction of sp³-hybridized carbons (Fsp3) is 0.409. The molecule has 0 N–H and O–H groups in total. The molecule has 1 aliphatic rings. The van der Waals surface area contributed by atoms with E-state index in [1.54, 1.807) is 7.11 Å². The Bertz CT molecular complexity index is 952. The summed E-state index contributed by atoms with van der Waals surface area (Å²) in [5.41, 5.74) is 2.32. The van der Waals surface area contributed by atoms with Crippen LogP contribution in [0.25, 0.3) is 0 Å². The maximum absolute atomic E-state index is 6.17. The highest BCUT2D eigenvalue weighted by Gasteiger charge is 2.28. The Kier molecular flexibility index (Phi) is 6.50. The number of anilines is 1. The van der Waals surface area contributed by atoms with Crippen LogP contribution in [0.15, 0.2) is 48.5 Å². The largest absolute Gasteiger partial charge is 0.497 e. The molecule has 1 atom stereocenters. The normalized spacial score (nSPS) is 15.9. The van der Waals surface area contributed by atoms with Gasteiger partial charge in [0.15, 0.2) is 5.82 Å². The maximum atomic E-state index is 6.17. The molecule has 0 radical (unpaired) electrons. The molecular weight excluding hydrogens is 400 g/mol. The van der Waals surface area contributed by atoms with E-state index in [9.17, 15) is 0 Å². The van der Waals surface area contributed by atoms with Gasteiger partial charge in [-0.05, 0) is 52.7 Å². The first-order valence-corrected chi connectivity index (χ1v) is 10.7. The van der Waals surface area contributed by atoms with Crippen LogP contribution in [-0.4, -0.2) is 58.4 Å². The molecule has 30 heavy (non-hydrogen) atoms. The number of aromatic nitrogens is 4. The summed E-state index contributed by atoms with van der Waals surface area (Å²) >= 11 is 6.17. The van der Waals surface area contributed by atoms with Crippen molar-refractivity contribution in [1.29, 1.82) is 0 Å². The van der Waals surface area contributed by atoms with E-state index in [-0.39, 0.29) is 6.04 Å². The number of nitrogens with zero attached hydrogens (tertiary/aromatic N) is 6. The highest BCUT2D eigenvalue weighted by molar-refractivity contribution is 6.30. The number of hydrogen-bond donors (Lipinski definition) is 0. The summed E-state index contributed by atoms with van der Waals surface area (Å²) in [7, 11) is 1.67. The fourth-order valence-corrected chi connectivity index (χ4v) is 4.22. The summed E-state index contributed by atoms with van der Waals surface area (Å²) in [6.45, 7) is 6.67. The van der Waals surface area contributed by atoms with Crippen LogP contribution in [0.4, 0.5) is 5.69 Å². The van der Waals surface area contributed by atoms with Gasteiger partial charge in [0.1, 0.15) is 5.75 Å². The van der Waals surface area contributed by atoms with Crippen LogP contribution in [0.2, 0.25) is 5.02 Å². The average molecular weight is 427 g/mol. The second kappa shape index (κ2) is 9.45. The third kappa shape index (κ3) is 4.57. The quantitative estimate of drug-likeness (QED) is 0.574. The van der Waals surface area contributed by atoms with E-state index in [0.29, 0.717) is 6.54 Å². The summed E-state index contributed by atoms with van der Waals surface area (Å²) in [5.74, 6) is 1.77. The first-order valence-electron chi connectivity index (χ1n) is 10.3. The van der Waals surface area contributed by atoms with Crippen molar-refractivity contribution in [2.45, 2.75) is 25.9 Å². The lowest BCUT2D eigenvalue weighted by atomic mass is 10.1. The molecule has 0 amide bonds. The second-order valence-electron chi connectivity index (χ2n) is 7.47. The van der Waals surface area contributed by atoms with Gasteiger partial charge >= 0.3 is 0 Å². The molecule has 8 heteroatoms. The molecule has 2 heterocycles. The average Bonchev–Trinajstić information content (AvgIpc) is 3.23. The van der Waals surface area contributed by atoms with Crippen molar-refractivity contribution in [3.8, 4) is 5.75 Å². The number of rotatable bonds is 7. The Morgan fingerprint density at radius 3 is 2.50 bits per heavy atom. The van der Waals surface area contributed by atoms with Crippen molar-refractivity contribution < 1.29 is 4.74 Å². The van der Waals surface area contributed by atoms with Gasteiger partial charge in [-0.25, -0.2) is 4.68 Å². The number of ether oxygens (including phenoxy) is 1. The minimum absolute atomic E-state index is 0.194. The van der Waals surface area contributed by atoms with Crippen molar-refractivity contribution in [1.82, 2.24) is 25.1 Å². The zero-order valence-corrected chi connectivity index (χ0v) is 18.2. The van der Waals surface area contributed by atoms with Crippen molar-refractivity contribution in [2.24, 2.45) is 0 Å². The molecule has 2 aromatic carbocycles. The Labute approximate surface area is 182 Å². The zero-order valence-electron chi connectivity index (χ0n) is 17.4. The van der Waals surface area contributed by atoms with E-state index >= 15 is 0 Å². The third-order valence-electron chi connectivity index (χ3n) is 5.66. The van der Waals surface area contributed by atoms with E-state index in [1.807, 2.05) is 35.0 Å². The van der Waals surface area contributed by atoms with Gasteiger partial charge in [-0.1, -0.05) is 36.7 Å². The Morgan fingerprint density at radius 2 is 1.83 bits per heavy atom. The lowest BCUT2D eigenvalue weighted by Gasteiger charge is -2.39. The van der Waals surface area contributed by atoms with E-state index in [0.717, 1.165) is 54.8 Å². The van der Waals surface area contributed by atoms with Gasteiger partial charge in [0.25, 0.3) is 0 Å². The molecule has 4 rings (SSSR count). The van der Waals surface area contributed by atoms with E-state index < -0.39 is 0 Å². The molecule has 7 nitrogen and oxygen atoms in total. The summed E-state index contributed by atoms with van der Waals surface area (Å²) in [6, 6.07) is 16.3. The van der Waals surface area contributed by atoms with Crippen molar-refractivity contribution in [3.05, 3.63) is 64.9 Å². The molecule has 3 aromatic rings. The zero-order chi connectivity index (χ0) is 20.9. The molecule has 0 saturated carbocycles. The predicted molar refractivity (Wildman–Crippen MR) is 118 cm³/mol. The molecule has 1 saturated heterocycles. The minimum Gasteiger partial charge on any atom is -0.497 e. The van der Waals surface area contributed by atoms with Gasteiger partial charge in [-0.3, -0.25) is 4.90 Å². The number of hydrogen-bond acceptors (Lipinski definition) is 6. The molecule has 158 valence electrons. The standard InChI is InChI=1S/C22H27ClN6O/c1-3-21(28-13-11-27(12-14-28)19-6-4-5-18(23)15-19)22-24-25-26-29(22)16-17-7-9-20(30-2)10-8-17/h4-10,15,21H,3,11-14,16H2,1-2H3. The van der Waals surface area contributed by atoms with Gasteiger partial charge in [-0.15, -0.1) is 5.10 Å². The van der Waals surface area contributed by atoms with Gasteiger partial charge in [0.2, 0.25) is 0 Å². The first-order chi connectivity index (χ1) is 14.7. The van der Waals surface area contributed by atoms with Crippen LogP contribution in [0, 0.1) is 0 Å². The number of methoxy groups -OCH3 is 1. The highest BCUT2D eigenvalue weighted by atomic mass is 35.5. The van der Waals surface area contributed by atoms with Gasteiger partial charge in [0.05, 0.1) is 19.7 Å². The smallest absolute Gasteiger partial charge is 0.168 e. The van der Waals surface area contributed by atoms with Crippen LogP contribution < -0.4 is 9.64 Å². The Hall–Kier alpha value is -2.64. The molecule has 0 bridgehead atoms. The van der Waals surface area contributed by atoms with E-state index in [1.165, 1.54) is 5.69 Å². The lowest BCUT2D eigenvalue weighted by molar-refractivity contribution is 0.169. The lowest BCUT2D eigenvalue weighted by Crippen LogP contribution is -2.48. The minimum atomic E-state index is 0.194. The monoisotopic (exact) mass is 426 g/mol. The number of piperazine rings is 1. The van der Waals surface area contributed by atoms with E-state index in [4.69, 9.17) is 16.3 Å². The number of halogens is 1. The van der Waals surface area contributed by atoms with Crippen molar-refractivity contribution in [3.63, 3.8) is 0 Å². The Morgan fingerprint density at radius 1 is 1.07 bits per heavy atom. The van der Waals surface area contributed by atoms with Crippen LogP contribution >= 0.6 is 11.6 Å². The molecule has 1 aromatic heterocycles. The highest BCUT2D eigenvalue weighted by Crippen LogP contribution is 2.26. The van der Waals surface area contributed by atoms with Crippen LogP contribution in [-0.2, 0) is 6.54 Å². The van der Waals surface area contributed by atoms with Gasteiger partial charge < -0.3 is 9.64 Å². The summed E-state index contributed by atoms with van der Waals surface area (Å²) < 4.78 is 7.16.